The molecule has 0 saturated carbocycles. The van der Waals surface area contributed by atoms with Gasteiger partial charge >= 0.3 is 0 Å². The third-order valence-corrected chi connectivity index (χ3v) is 3.61. The molecule has 22 heavy (non-hydrogen) atoms. The fourth-order valence-electron chi connectivity index (χ4n) is 2.00. The number of rotatable bonds is 5. The number of Topliss-reactive ketones (excluding diaryl/α,β-unsaturated/α-hetero) is 1. The first-order valence-corrected chi connectivity index (χ1v) is 7.58. The Hall–Kier alpha value is -2.51. The third kappa shape index (κ3) is 4.00. The summed E-state index contributed by atoms with van der Waals surface area (Å²) in [6, 6.07) is 17.4. The van der Waals surface area contributed by atoms with Gasteiger partial charge in [-0.2, -0.15) is 5.26 Å². The predicted octanol–water partition coefficient (Wildman–Crippen LogP) is 4.15. The van der Waals surface area contributed by atoms with Gasteiger partial charge in [-0.25, -0.2) is 0 Å². The van der Waals surface area contributed by atoms with Crippen LogP contribution >= 0.6 is 11.8 Å². The summed E-state index contributed by atoms with van der Waals surface area (Å²) in [5.74, 6) is -0.139. The summed E-state index contributed by atoms with van der Waals surface area (Å²) in [5.41, 5.74) is 2.75. The molecule has 4 heteroatoms. The molecule has 2 rings (SSSR count). The van der Waals surface area contributed by atoms with Gasteiger partial charge in [0.15, 0.2) is 0 Å². The van der Waals surface area contributed by atoms with Crippen LogP contribution in [0.2, 0.25) is 0 Å². The Morgan fingerprint density at radius 1 is 1.05 bits per heavy atom. The second-order valence-electron chi connectivity index (χ2n) is 4.92. The van der Waals surface area contributed by atoms with Crippen LogP contribution in [0.25, 0.3) is 11.1 Å². The normalized spacial score (nSPS) is 10.9. The number of ketones is 1. The number of allylic oxidation sites excluding steroid dienone is 1. The Kier molecular flexibility index (Phi) is 5.40. The highest BCUT2D eigenvalue weighted by atomic mass is 32.2. The summed E-state index contributed by atoms with van der Waals surface area (Å²) in [6.07, 6.45) is 1.67. The maximum Gasteiger partial charge on any atom is 0.201 e. The number of thiocyanates is 1. The number of nitrogens with zero attached hydrogens (tertiary/aromatic N) is 2. The zero-order chi connectivity index (χ0) is 15.9. The zero-order valence-electron chi connectivity index (χ0n) is 12.5. The summed E-state index contributed by atoms with van der Waals surface area (Å²) in [5, 5.41) is 10.8. The number of carbonyl (C=O) groups excluding carboxylic acids is 1. The minimum Gasteiger partial charge on any atom is -0.382 e. The Balaban J connectivity index is 2.26. The number of benzene rings is 2. The lowest BCUT2D eigenvalue weighted by atomic mass is 10.0. The Morgan fingerprint density at radius 3 is 2.18 bits per heavy atom. The van der Waals surface area contributed by atoms with Gasteiger partial charge in [-0.3, -0.25) is 4.79 Å². The van der Waals surface area contributed by atoms with Gasteiger partial charge in [-0.1, -0.05) is 54.6 Å². The molecule has 0 atom stereocenters. The van der Waals surface area contributed by atoms with E-state index in [4.69, 9.17) is 5.26 Å². The number of thioether (sulfide) groups is 1. The molecule has 3 nitrogen and oxygen atoms in total. The van der Waals surface area contributed by atoms with E-state index in [1.807, 2.05) is 62.0 Å². The summed E-state index contributed by atoms with van der Waals surface area (Å²) < 4.78 is 0. The Bertz CT molecular complexity index is 713. The van der Waals surface area contributed by atoms with E-state index >= 15 is 0 Å². The summed E-state index contributed by atoms with van der Waals surface area (Å²) in [4.78, 5) is 14.6. The summed E-state index contributed by atoms with van der Waals surface area (Å²) in [7, 11) is 3.65. The molecule has 0 radical (unpaired) electrons. The third-order valence-electron chi connectivity index (χ3n) is 3.01. The Morgan fingerprint density at radius 2 is 1.64 bits per heavy atom. The molecule has 0 aromatic heterocycles. The highest BCUT2D eigenvalue weighted by molar-refractivity contribution is 8.08. The summed E-state index contributed by atoms with van der Waals surface area (Å²) in [6.45, 7) is 0. The van der Waals surface area contributed by atoms with Gasteiger partial charge in [0, 0.05) is 25.9 Å². The van der Waals surface area contributed by atoms with Crippen LogP contribution in [-0.4, -0.2) is 24.8 Å². The quantitative estimate of drug-likeness (QED) is 0.473. The van der Waals surface area contributed by atoms with Crippen LogP contribution in [0.15, 0.2) is 65.7 Å². The van der Waals surface area contributed by atoms with Crippen LogP contribution in [0.1, 0.15) is 10.4 Å². The number of hydrogen-bond acceptors (Lipinski definition) is 4. The molecule has 0 bridgehead atoms. The van der Waals surface area contributed by atoms with Crippen LogP contribution in [0.5, 0.6) is 0 Å². The van der Waals surface area contributed by atoms with E-state index in [2.05, 4.69) is 0 Å². The van der Waals surface area contributed by atoms with Crippen LogP contribution in [-0.2, 0) is 0 Å². The number of carbonyl (C=O) groups is 1. The second kappa shape index (κ2) is 7.48. The van der Waals surface area contributed by atoms with E-state index in [0.29, 0.717) is 10.5 Å². The molecule has 0 saturated heterocycles. The van der Waals surface area contributed by atoms with Crippen LogP contribution in [0.3, 0.4) is 0 Å². The Labute approximate surface area is 134 Å². The molecule has 0 heterocycles. The maximum absolute atomic E-state index is 12.5. The van der Waals surface area contributed by atoms with Crippen molar-refractivity contribution in [3.8, 4) is 16.5 Å². The molecular weight excluding hydrogens is 292 g/mol. The second-order valence-corrected chi connectivity index (χ2v) is 5.75. The van der Waals surface area contributed by atoms with Gasteiger partial charge in [-0.15, -0.1) is 0 Å². The van der Waals surface area contributed by atoms with Gasteiger partial charge in [0.25, 0.3) is 0 Å². The van der Waals surface area contributed by atoms with Crippen molar-refractivity contribution in [1.82, 2.24) is 4.90 Å². The number of nitriles is 1. The lowest BCUT2D eigenvalue weighted by molar-refractivity contribution is 0.104. The fraction of sp³-hybridized carbons (Fsp3) is 0.111. The minimum absolute atomic E-state index is 0.139. The topological polar surface area (TPSA) is 44.1 Å². The van der Waals surface area contributed by atoms with E-state index in [1.165, 1.54) is 0 Å². The lowest BCUT2D eigenvalue weighted by Crippen LogP contribution is -2.07. The standard InChI is InChI=1S/C18H16N2OS/c1-20(2)12-17(22-13-19)18(21)16-10-8-15(9-11-16)14-6-4-3-5-7-14/h3-12H,1-2H3/b17-12-. The van der Waals surface area contributed by atoms with Gasteiger partial charge in [0.05, 0.1) is 4.91 Å². The molecule has 0 aliphatic rings. The molecule has 0 unspecified atom stereocenters. The number of hydrogen-bond donors (Lipinski definition) is 0. The average Bonchev–Trinajstić information content (AvgIpc) is 2.54. The molecular formula is C18H16N2OS. The predicted molar refractivity (Wildman–Crippen MR) is 91.2 cm³/mol. The van der Waals surface area contributed by atoms with Crippen molar-refractivity contribution >= 4 is 17.5 Å². The van der Waals surface area contributed by atoms with Crippen molar-refractivity contribution < 1.29 is 4.79 Å². The van der Waals surface area contributed by atoms with Crippen molar-refractivity contribution in [2.24, 2.45) is 0 Å². The monoisotopic (exact) mass is 308 g/mol. The molecule has 0 aliphatic carbocycles. The van der Waals surface area contributed by atoms with Gasteiger partial charge in [0.2, 0.25) is 5.78 Å². The van der Waals surface area contributed by atoms with E-state index in [1.54, 1.807) is 23.2 Å². The molecule has 0 N–H and O–H groups in total. The molecule has 2 aromatic carbocycles. The first-order chi connectivity index (χ1) is 10.6. The largest absolute Gasteiger partial charge is 0.382 e. The molecule has 2 aromatic rings. The van der Waals surface area contributed by atoms with Crippen LogP contribution in [0, 0.1) is 10.7 Å². The highest BCUT2D eigenvalue weighted by Crippen LogP contribution is 2.23. The SMILES string of the molecule is CN(C)/C=C(\SC#N)C(=O)c1ccc(-c2ccccc2)cc1. The lowest BCUT2D eigenvalue weighted by Gasteiger charge is -2.09. The first kappa shape index (κ1) is 15.9. The molecule has 110 valence electrons. The van der Waals surface area contributed by atoms with Gasteiger partial charge in [0.1, 0.15) is 5.40 Å². The highest BCUT2D eigenvalue weighted by Gasteiger charge is 2.13. The molecule has 0 aliphatic heterocycles. The van der Waals surface area contributed by atoms with Gasteiger partial charge < -0.3 is 4.90 Å². The maximum atomic E-state index is 12.5. The van der Waals surface area contributed by atoms with E-state index in [9.17, 15) is 4.79 Å². The van der Waals surface area contributed by atoms with E-state index in [-0.39, 0.29) is 5.78 Å². The fourth-order valence-corrected chi connectivity index (χ4v) is 2.57. The molecule has 0 amide bonds. The van der Waals surface area contributed by atoms with Crippen molar-refractivity contribution in [3.05, 3.63) is 71.3 Å². The van der Waals surface area contributed by atoms with Gasteiger partial charge in [-0.05, 0) is 22.9 Å². The van der Waals surface area contributed by atoms with E-state index in [0.717, 1.165) is 22.9 Å². The first-order valence-electron chi connectivity index (χ1n) is 6.76. The average molecular weight is 308 g/mol. The van der Waals surface area contributed by atoms with Crippen molar-refractivity contribution in [2.45, 2.75) is 0 Å². The molecule has 0 fully saturated rings. The van der Waals surface area contributed by atoms with E-state index < -0.39 is 0 Å². The minimum atomic E-state index is -0.139. The zero-order valence-corrected chi connectivity index (χ0v) is 13.3. The summed E-state index contributed by atoms with van der Waals surface area (Å²) >= 11 is 0.884. The molecule has 0 spiro atoms. The van der Waals surface area contributed by atoms with Crippen molar-refractivity contribution in [1.29, 1.82) is 5.26 Å². The van der Waals surface area contributed by atoms with Crippen molar-refractivity contribution in [2.75, 3.05) is 14.1 Å². The van der Waals surface area contributed by atoms with Crippen LogP contribution in [0.4, 0.5) is 0 Å². The van der Waals surface area contributed by atoms with Crippen LogP contribution < -0.4 is 0 Å². The smallest absolute Gasteiger partial charge is 0.201 e. The van der Waals surface area contributed by atoms with Crippen molar-refractivity contribution in [3.63, 3.8) is 0 Å².